The van der Waals surface area contributed by atoms with Crippen LogP contribution < -0.4 is 5.32 Å². The van der Waals surface area contributed by atoms with Crippen molar-refractivity contribution in [2.45, 2.75) is 32.3 Å². The second kappa shape index (κ2) is 6.79. The molecular weight excluding hydrogens is 182 g/mol. The molecule has 0 saturated carbocycles. The molecule has 84 valence electrons. The first kappa shape index (κ1) is 13.4. The van der Waals surface area contributed by atoms with Gasteiger partial charge < -0.3 is 14.8 Å². The number of carbonyl (C=O) groups excluding carboxylic acids is 1. The average molecular weight is 203 g/mol. The van der Waals surface area contributed by atoms with Crippen LogP contribution in [0.2, 0.25) is 0 Å². The lowest BCUT2D eigenvalue weighted by molar-refractivity contribution is -0.140. The third-order valence-corrected chi connectivity index (χ3v) is 2.07. The summed E-state index contributed by atoms with van der Waals surface area (Å²) >= 11 is 0. The smallest absolute Gasteiger partial charge is 0.305 e. The Morgan fingerprint density at radius 3 is 2.50 bits per heavy atom. The van der Waals surface area contributed by atoms with Gasteiger partial charge in [0.1, 0.15) is 0 Å². The summed E-state index contributed by atoms with van der Waals surface area (Å²) in [5, 5.41) is 3.22. The number of rotatable bonds is 7. The fraction of sp³-hybridized carbons (Fsp3) is 0.900. The zero-order valence-electron chi connectivity index (χ0n) is 9.55. The Labute approximate surface area is 86.0 Å². The molecule has 0 aliphatic rings. The fourth-order valence-electron chi connectivity index (χ4n) is 0.921. The summed E-state index contributed by atoms with van der Waals surface area (Å²) in [6.45, 7) is 5.62. The molecule has 0 atom stereocenters. The molecule has 0 heterocycles. The number of hydrogen-bond acceptors (Lipinski definition) is 4. The van der Waals surface area contributed by atoms with Crippen LogP contribution in [0.1, 0.15) is 26.7 Å². The van der Waals surface area contributed by atoms with Gasteiger partial charge in [0.05, 0.1) is 12.7 Å². The van der Waals surface area contributed by atoms with Crippen LogP contribution in [0.15, 0.2) is 0 Å². The van der Waals surface area contributed by atoms with Gasteiger partial charge in [0, 0.05) is 20.1 Å². The van der Waals surface area contributed by atoms with Gasteiger partial charge in [0.15, 0.2) is 0 Å². The molecule has 0 saturated heterocycles. The molecule has 0 amide bonds. The molecule has 4 nitrogen and oxygen atoms in total. The minimum absolute atomic E-state index is 0.148. The summed E-state index contributed by atoms with van der Waals surface area (Å²) in [5.74, 6) is -0.155. The average Bonchev–Trinajstić information content (AvgIpc) is 2.17. The van der Waals surface area contributed by atoms with Gasteiger partial charge in [-0.25, -0.2) is 0 Å². The molecule has 0 bridgehead atoms. The van der Waals surface area contributed by atoms with Crippen LogP contribution in [-0.4, -0.2) is 38.9 Å². The van der Waals surface area contributed by atoms with Crippen molar-refractivity contribution in [3.63, 3.8) is 0 Å². The molecule has 4 heteroatoms. The first-order valence-corrected chi connectivity index (χ1v) is 4.84. The van der Waals surface area contributed by atoms with Gasteiger partial charge in [-0.1, -0.05) is 0 Å². The highest BCUT2D eigenvalue weighted by atomic mass is 16.5. The molecule has 0 aliphatic heterocycles. The number of methoxy groups -OCH3 is 2. The maximum atomic E-state index is 10.8. The van der Waals surface area contributed by atoms with E-state index >= 15 is 0 Å². The van der Waals surface area contributed by atoms with E-state index in [0.717, 1.165) is 19.5 Å². The number of carbonyl (C=O) groups is 1. The lowest BCUT2D eigenvalue weighted by Gasteiger charge is -2.23. The molecule has 0 aromatic carbocycles. The van der Waals surface area contributed by atoms with Crippen molar-refractivity contribution < 1.29 is 14.3 Å². The van der Waals surface area contributed by atoms with Gasteiger partial charge in [-0.3, -0.25) is 4.79 Å². The van der Waals surface area contributed by atoms with E-state index < -0.39 is 0 Å². The maximum Gasteiger partial charge on any atom is 0.305 e. The molecule has 0 aliphatic carbocycles. The highest BCUT2D eigenvalue weighted by Gasteiger charge is 2.14. The van der Waals surface area contributed by atoms with Crippen LogP contribution in [0, 0.1) is 0 Å². The van der Waals surface area contributed by atoms with E-state index in [4.69, 9.17) is 4.74 Å². The molecule has 0 unspecified atom stereocenters. The van der Waals surface area contributed by atoms with E-state index in [-0.39, 0.29) is 11.6 Å². The van der Waals surface area contributed by atoms with Gasteiger partial charge >= 0.3 is 5.97 Å². The molecule has 0 aromatic rings. The minimum atomic E-state index is -0.155. The third kappa shape index (κ3) is 6.86. The van der Waals surface area contributed by atoms with Gasteiger partial charge in [-0.05, 0) is 26.8 Å². The van der Waals surface area contributed by atoms with E-state index in [1.165, 1.54) is 7.11 Å². The Kier molecular flexibility index (Phi) is 6.49. The SMILES string of the molecule is COC(=O)CCCNCC(C)(C)OC. The van der Waals surface area contributed by atoms with E-state index in [9.17, 15) is 4.79 Å². The largest absolute Gasteiger partial charge is 0.469 e. The Morgan fingerprint density at radius 1 is 1.36 bits per heavy atom. The van der Waals surface area contributed by atoms with E-state index in [1.807, 2.05) is 13.8 Å². The molecular formula is C10H21NO3. The standard InChI is InChI=1S/C10H21NO3/c1-10(2,14-4)8-11-7-5-6-9(12)13-3/h11H,5-8H2,1-4H3. The maximum absolute atomic E-state index is 10.8. The van der Waals surface area contributed by atoms with E-state index in [0.29, 0.717) is 6.42 Å². The minimum Gasteiger partial charge on any atom is -0.469 e. The van der Waals surface area contributed by atoms with Crippen molar-refractivity contribution in [3.8, 4) is 0 Å². The summed E-state index contributed by atoms with van der Waals surface area (Å²) in [6, 6.07) is 0. The number of ether oxygens (including phenoxy) is 2. The lowest BCUT2D eigenvalue weighted by atomic mass is 10.1. The summed E-state index contributed by atoms with van der Waals surface area (Å²) < 4.78 is 9.76. The predicted octanol–water partition coefficient (Wildman–Crippen LogP) is 0.954. The number of hydrogen-bond donors (Lipinski definition) is 1. The molecule has 0 rings (SSSR count). The topological polar surface area (TPSA) is 47.6 Å². The molecule has 0 radical (unpaired) electrons. The number of nitrogens with one attached hydrogen (secondary N) is 1. The van der Waals surface area contributed by atoms with Crippen molar-refractivity contribution in [1.29, 1.82) is 0 Å². The van der Waals surface area contributed by atoms with Crippen LogP contribution in [0.3, 0.4) is 0 Å². The van der Waals surface area contributed by atoms with Crippen molar-refractivity contribution in [1.82, 2.24) is 5.32 Å². The van der Waals surface area contributed by atoms with E-state index in [1.54, 1.807) is 7.11 Å². The second-order valence-electron chi connectivity index (χ2n) is 3.82. The first-order chi connectivity index (χ1) is 6.52. The summed E-state index contributed by atoms with van der Waals surface area (Å²) in [6.07, 6.45) is 1.27. The summed E-state index contributed by atoms with van der Waals surface area (Å²) in [5.41, 5.74) is -0.148. The monoisotopic (exact) mass is 203 g/mol. The van der Waals surface area contributed by atoms with Crippen LogP contribution >= 0.6 is 0 Å². The van der Waals surface area contributed by atoms with Crippen molar-refractivity contribution in [2.75, 3.05) is 27.3 Å². The number of esters is 1. The third-order valence-electron chi connectivity index (χ3n) is 2.07. The molecule has 1 N–H and O–H groups in total. The molecule has 0 fully saturated rings. The Morgan fingerprint density at radius 2 is 2.00 bits per heavy atom. The van der Waals surface area contributed by atoms with Gasteiger partial charge in [0.2, 0.25) is 0 Å². The van der Waals surface area contributed by atoms with Gasteiger partial charge in [0.25, 0.3) is 0 Å². The van der Waals surface area contributed by atoms with E-state index in [2.05, 4.69) is 10.1 Å². The van der Waals surface area contributed by atoms with Crippen molar-refractivity contribution in [3.05, 3.63) is 0 Å². The Balaban J connectivity index is 3.34. The second-order valence-corrected chi connectivity index (χ2v) is 3.82. The summed E-state index contributed by atoms with van der Waals surface area (Å²) in [4.78, 5) is 10.8. The highest BCUT2D eigenvalue weighted by Crippen LogP contribution is 2.04. The summed E-state index contributed by atoms with van der Waals surface area (Å²) in [7, 11) is 3.10. The normalized spacial score (nSPS) is 11.4. The lowest BCUT2D eigenvalue weighted by Crippen LogP contribution is -2.37. The van der Waals surface area contributed by atoms with Gasteiger partial charge in [-0.15, -0.1) is 0 Å². The fourth-order valence-corrected chi connectivity index (χ4v) is 0.921. The Bertz CT molecular complexity index is 169. The van der Waals surface area contributed by atoms with Crippen molar-refractivity contribution in [2.24, 2.45) is 0 Å². The van der Waals surface area contributed by atoms with Gasteiger partial charge in [-0.2, -0.15) is 0 Å². The van der Waals surface area contributed by atoms with Crippen LogP contribution in [0.5, 0.6) is 0 Å². The zero-order valence-corrected chi connectivity index (χ0v) is 9.55. The zero-order chi connectivity index (χ0) is 11.0. The Hall–Kier alpha value is -0.610. The molecule has 14 heavy (non-hydrogen) atoms. The molecule has 0 aromatic heterocycles. The predicted molar refractivity (Wildman–Crippen MR) is 55.2 cm³/mol. The van der Waals surface area contributed by atoms with Crippen molar-refractivity contribution >= 4 is 5.97 Å². The van der Waals surface area contributed by atoms with Crippen LogP contribution in [0.25, 0.3) is 0 Å². The molecule has 0 spiro atoms. The van der Waals surface area contributed by atoms with Crippen LogP contribution in [-0.2, 0) is 14.3 Å². The highest BCUT2D eigenvalue weighted by molar-refractivity contribution is 5.68. The van der Waals surface area contributed by atoms with Crippen LogP contribution in [0.4, 0.5) is 0 Å². The first-order valence-electron chi connectivity index (χ1n) is 4.84. The quantitative estimate of drug-likeness (QED) is 0.494.